The molecule has 0 atom stereocenters. The molecule has 8 rings (SSSR count). The third-order valence-electron chi connectivity index (χ3n) is 7.17. The van der Waals surface area contributed by atoms with Crippen molar-refractivity contribution < 1.29 is 0 Å². The summed E-state index contributed by atoms with van der Waals surface area (Å²) in [7, 11) is 0. The summed E-state index contributed by atoms with van der Waals surface area (Å²) >= 11 is 0. The molecule has 3 heterocycles. The lowest BCUT2D eigenvalue weighted by Gasteiger charge is -2.13. The first-order valence-corrected chi connectivity index (χ1v) is 10.8. The van der Waals surface area contributed by atoms with Crippen LogP contribution in [0.3, 0.4) is 0 Å². The molecule has 3 heteroatoms. The van der Waals surface area contributed by atoms with Gasteiger partial charge in [0.25, 0.3) is 0 Å². The van der Waals surface area contributed by atoms with Gasteiger partial charge in [-0.1, -0.05) is 36.4 Å². The fourth-order valence-electron chi connectivity index (χ4n) is 5.86. The Morgan fingerprint density at radius 1 is 0.710 bits per heavy atom. The molecule has 0 fully saturated rings. The Morgan fingerprint density at radius 3 is 2.58 bits per heavy atom. The maximum atomic E-state index is 4.79. The van der Waals surface area contributed by atoms with Gasteiger partial charge in [0.15, 0.2) is 0 Å². The van der Waals surface area contributed by atoms with Crippen LogP contribution < -0.4 is 0 Å². The van der Waals surface area contributed by atoms with Gasteiger partial charge in [-0.2, -0.15) is 0 Å². The van der Waals surface area contributed by atoms with E-state index in [9.17, 15) is 0 Å². The van der Waals surface area contributed by atoms with Crippen molar-refractivity contribution in [2.24, 2.45) is 0 Å². The van der Waals surface area contributed by atoms with E-state index in [1.807, 2.05) is 24.8 Å². The Labute approximate surface area is 178 Å². The van der Waals surface area contributed by atoms with Gasteiger partial charge < -0.3 is 0 Å². The van der Waals surface area contributed by atoms with E-state index in [0.29, 0.717) is 0 Å². The van der Waals surface area contributed by atoms with Gasteiger partial charge in [-0.05, 0) is 80.9 Å². The lowest BCUT2D eigenvalue weighted by molar-refractivity contribution is 1.23. The SMILES string of the molecule is c1ccc2c(c1)Cc1cc3c(cc1-2)Cc1ccc2c4ccncc4n4ccnc4c2c1-3. The maximum absolute atomic E-state index is 4.79. The van der Waals surface area contributed by atoms with E-state index < -0.39 is 0 Å². The molecule has 0 unspecified atom stereocenters. The molecule has 6 aromatic rings. The first kappa shape index (κ1) is 15.8. The molecule has 0 aliphatic heterocycles. The van der Waals surface area contributed by atoms with Crippen LogP contribution in [0.15, 0.2) is 79.4 Å². The molecule has 31 heavy (non-hydrogen) atoms. The average Bonchev–Trinajstić information content (AvgIpc) is 3.52. The summed E-state index contributed by atoms with van der Waals surface area (Å²) < 4.78 is 2.19. The van der Waals surface area contributed by atoms with Crippen LogP contribution >= 0.6 is 0 Å². The Bertz CT molecular complexity index is 1740. The molecule has 0 saturated heterocycles. The largest absolute Gasteiger partial charge is 0.298 e. The van der Waals surface area contributed by atoms with E-state index in [1.165, 1.54) is 60.7 Å². The molecule has 0 bridgehead atoms. The van der Waals surface area contributed by atoms with E-state index in [-0.39, 0.29) is 0 Å². The minimum absolute atomic E-state index is 0.983. The van der Waals surface area contributed by atoms with Crippen molar-refractivity contribution in [3.8, 4) is 22.3 Å². The van der Waals surface area contributed by atoms with Crippen molar-refractivity contribution in [3.63, 3.8) is 0 Å². The number of rotatable bonds is 0. The van der Waals surface area contributed by atoms with E-state index in [0.717, 1.165) is 24.0 Å². The lowest BCUT2D eigenvalue weighted by atomic mass is 9.94. The van der Waals surface area contributed by atoms with Crippen molar-refractivity contribution in [1.82, 2.24) is 14.4 Å². The van der Waals surface area contributed by atoms with Crippen LogP contribution in [-0.2, 0) is 12.8 Å². The number of nitrogens with zero attached hydrogens (tertiary/aromatic N) is 3. The molecular weight excluding hydrogens is 378 g/mol. The van der Waals surface area contributed by atoms with Crippen molar-refractivity contribution in [2.75, 3.05) is 0 Å². The molecule has 3 aromatic carbocycles. The highest BCUT2D eigenvalue weighted by Gasteiger charge is 2.27. The predicted molar refractivity (Wildman–Crippen MR) is 124 cm³/mol. The highest BCUT2D eigenvalue weighted by molar-refractivity contribution is 6.18. The molecule has 0 saturated carbocycles. The van der Waals surface area contributed by atoms with Crippen LogP contribution in [0.5, 0.6) is 0 Å². The summed E-state index contributed by atoms with van der Waals surface area (Å²) in [5.41, 5.74) is 13.4. The van der Waals surface area contributed by atoms with E-state index >= 15 is 0 Å². The molecule has 0 amide bonds. The van der Waals surface area contributed by atoms with Crippen molar-refractivity contribution in [3.05, 3.63) is 102 Å². The molecule has 0 spiro atoms. The topological polar surface area (TPSA) is 30.2 Å². The van der Waals surface area contributed by atoms with Gasteiger partial charge in [-0.25, -0.2) is 4.98 Å². The van der Waals surface area contributed by atoms with E-state index in [1.54, 1.807) is 0 Å². The highest BCUT2D eigenvalue weighted by Crippen LogP contribution is 2.48. The minimum Gasteiger partial charge on any atom is -0.298 e. The van der Waals surface area contributed by atoms with Gasteiger partial charge in [0.1, 0.15) is 5.65 Å². The van der Waals surface area contributed by atoms with Crippen molar-refractivity contribution in [1.29, 1.82) is 0 Å². The van der Waals surface area contributed by atoms with Crippen LogP contribution in [0.2, 0.25) is 0 Å². The smallest absolute Gasteiger partial charge is 0.145 e. The second kappa shape index (κ2) is 5.38. The number of hydrogen-bond acceptors (Lipinski definition) is 2. The summed E-state index contributed by atoms with van der Waals surface area (Å²) in [6, 6.07) is 20.4. The number of hydrogen-bond donors (Lipinski definition) is 0. The highest BCUT2D eigenvalue weighted by atomic mass is 15.0. The van der Waals surface area contributed by atoms with Gasteiger partial charge in [0.2, 0.25) is 0 Å². The second-order valence-corrected chi connectivity index (χ2v) is 8.71. The average molecular weight is 395 g/mol. The van der Waals surface area contributed by atoms with Crippen LogP contribution in [-0.4, -0.2) is 14.4 Å². The molecule has 2 aliphatic rings. The number of aromatic nitrogens is 3. The lowest BCUT2D eigenvalue weighted by Crippen LogP contribution is -1.94. The summed E-state index contributed by atoms with van der Waals surface area (Å²) in [5, 5.41) is 3.74. The Hall–Kier alpha value is -3.98. The number of benzene rings is 3. The van der Waals surface area contributed by atoms with Gasteiger partial charge in [-0.3, -0.25) is 9.38 Å². The molecule has 3 nitrogen and oxygen atoms in total. The summed E-state index contributed by atoms with van der Waals surface area (Å²) in [6.07, 6.45) is 9.78. The van der Waals surface area contributed by atoms with Gasteiger partial charge >= 0.3 is 0 Å². The molecule has 3 aromatic heterocycles. The third kappa shape index (κ3) is 1.89. The zero-order valence-corrected chi connectivity index (χ0v) is 16.8. The summed E-state index contributed by atoms with van der Waals surface area (Å²) in [4.78, 5) is 9.16. The summed E-state index contributed by atoms with van der Waals surface area (Å²) in [5.74, 6) is 0. The molecule has 144 valence electrons. The minimum atomic E-state index is 0.983. The van der Waals surface area contributed by atoms with E-state index in [2.05, 4.69) is 64.0 Å². The fraction of sp³-hybridized carbons (Fsp3) is 0.0714. The molecule has 0 radical (unpaired) electrons. The first-order valence-electron chi connectivity index (χ1n) is 10.8. The monoisotopic (exact) mass is 395 g/mol. The molecular formula is C28H17N3. The van der Waals surface area contributed by atoms with Crippen molar-refractivity contribution >= 4 is 27.3 Å². The van der Waals surface area contributed by atoms with Gasteiger partial charge in [0.05, 0.1) is 11.7 Å². The van der Waals surface area contributed by atoms with Gasteiger partial charge in [-0.15, -0.1) is 0 Å². The Morgan fingerprint density at radius 2 is 1.58 bits per heavy atom. The zero-order valence-electron chi connectivity index (χ0n) is 16.8. The predicted octanol–water partition coefficient (Wildman–Crippen LogP) is 6.18. The third-order valence-corrected chi connectivity index (χ3v) is 7.17. The van der Waals surface area contributed by atoms with E-state index in [4.69, 9.17) is 4.98 Å². The Balaban J connectivity index is 1.50. The number of pyridine rings is 2. The zero-order chi connectivity index (χ0) is 20.1. The van der Waals surface area contributed by atoms with Crippen LogP contribution in [0, 0.1) is 0 Å². The summed E-state index contributed by atoms with van der Waals surface area (Å²) in [6.45, 7) is 0. The van der Waals surface area contributed by atoms with Crippen LogP contribution in [0.1, 0.15) is 22.3 Å². The normalized spacial score (nSPS) is 13.5. The van der Waals surface area contributed by atoms with Crippen LogP contribution in [0.4, 0.5) is 0 Å². The molecule has 2 aliphatic carbocycles. The molecule has 0 N–H and O–H groups in total. The number of imidazole rings is 1. The maximum Gasteiger partial charge on any atom is 0.145 e. The standard InChI is InChI=1S/C28H17N3/c1-2-4-20-16(3-1)11-18-14-24-19(13-23(18)20)12-17-5-6-22-21-7-8-29-15-25(21)31-10-9-30-28(31)27(22)26(17)24/h1-10,13-15H,11-12H2. The van der Waals surface area contributed by atoms with Crippen LogP contribution in [0.25, 0.3) is 49.6 Å². The first-order chi connectivity index (χ1) is 15.4. The second-order valence-electron chi connectivity index (χ2n) is 8.71. The van der Waals surface area contributed by atoms with Gasteiger partial charge in [0, 0.05) is 29.4 Å². The number of fused-ring (bicyclic) bond motifs is 13. The quantitative estimate of drug-likeness (QED) is 0.287. The van der Waals surface area contributed by atoms with Crippen molar-refractivity contribution in [2.45, 2.75) is 12.8 Å². The fourth-order valence-corrected chi connectivity index (χ4v) is 5.86. The Kier molecular flexibility index (Phi) is 2.74.